The number of allylic oxidation sites excluding steroid dienone is 4. The van der Waals surface area contributed by atoms with Crippen LogP contribution in [0.3, 0.4) is 0 Å². The van der Waals surface area contributed by atoms with Crippen molar-refractivity contribution < 1.29 is 22.9 Å². The Hall–Kier alpha value is 0.154. The molecule has 0 saturated heterocycles. The molecule has 0 heterocycles. The van der Waals surface area contributed by atoms with Crippen LogP contribution in [0.4, 0.5) is 0 Å². The summed E-state index contributed by atoms with van der Waals surface area (Å²) in [6, 6.07) is 0. The zero-order chi connectivity index (χ0) is 12.7. The average Bonchev–Trinajstić information content (AvgIpc) is 2.71. The molecule has 0 fully saturated rings. The van der Waals surface area contributed by atoms with Gasteiger partial charge in [-0.3, -0.25) is 0 Å². The number of hydrogen-bond acceptors (Lipinski definition) is 1. The summed E-state index contributed by atoms with van der Waals surface area (Å²) in [7, 11) is 0. The van der Waals surface area contributed by atoms with E-state index in [1.54, 1.807) is 9.45 Å². The summed E-state index contributed by atoms with van der Waals surface area (Å²) in [6.07, 6.45) is 12.0. The van der Waals surface area contributed by atoms with Gasteiger partial charge in [-0.1, -0.05) is 0 Å². The van der Waals surface area contributed by atoms with Gasteiger partial charge in [0, 0.05) is 0 Å². The van der Waals surface area contributed by atoms with Gasteiger partial charge in [-0.2, -0.15) is 0 Å². The topological polar surface area (TPSA) is 9.23 Å². The normalized spacial score (nSPS) is 15.8. The Balaban J connectivity index is 2.44. The minimum atomic E-state index is -0.364. The van der Waals surface area contributed by atoms with E-state index in [0.29, 0.717) is 0 Å². The van der Waals surface area contributed by atoms with E-state index in [9.17, 15) is 0 Å². The van der Waals surface area contributed by atoms with Gasteiger partial charge in [0.2, 0.25) is 0 Å². The van der Waals surface area contributed by atoms with Crippen molar-refractivity contribution in [2.45, 2.75) is 71.8 Å². The van der Waals surface area contributed by atoms with Crippen molar-refractivity contribution in [2.24, 2.45) is 0 Å². The first-order chi connectivity index (χ1) is 8.09. The molecule has 96 valence electrons. The standard InChI is InChI=1S/C9H13.C6H13O.Ti/c1-2-3-6-9-7-4-5-8-9;1-4-5-6(2,3)7;/h4,7H,2-3,5-6H2,1H3;4-5H2,1-3H3;/q;-1;+1. The SMILES string of the molecule is CCCCC1=[C]([Ti][O]C(C)(C)CCC)CC=C1. The zero-order valence-corrected chi connectivity index (χ0v) is 13.4. The molecule has 0 amide bonds. The molecule has 1 aliphatic rings. The van der Waals surface area contributed by atoms with Crippen molar-refractivity contribution in [2.75, 3.05) is 0 Å². The summed E-state index contributed by atoms with van der Waals surface area (Å²) < 4.78 is 7.82. The monoisotopic (exact) mass is 270 g/mol. The first-order valence-corrected chi connectivity index (χ1v) is 8.33. The summed E-state index contributed by atoms with van der Waals surface area (Å²) in [5.41, 5.74) is 1.67. The quantitative estimate of drug-likeness (QED) is 0.565. The second-order valence-electron chi connectivity index (χ2n) is 5.43. The Morgan fingerprint density at radius 3 is 2.71 bits per heavy atom. The van der Waals surface area contributed by atoms with E-state index in [0.717, 1.165) is 6.42 Å². The summed E-state index contributed by atoms with van der Waals surface area (Å²) in [5.74, 6) is 0. The van der Waals surface area contributed by atoms with Gasteiger partial charge in [0.15, 0.2) is 0 Å². The van der Waals surface area contributed by atoms with E-state index in [2.05, 4.69) is 39.8 Å². The van der Waals surface area contributed by atoms with Crippen LogP contribution in [0.2, 0.25) is 0 Å². The van der Waals surface area contributed by atoms with Crippen LogP contribution in [0.5, 0.6) is 0 Å². The molecule has 0 atom stereocenters. The molecule has 0 saturated carbocycles. The molecule has 0 aromatic rings. The van der Waals surface area contributed by atoms with Gasteiger partial charge in [-0.25, -0.2) is 0 Å². The van der Waals surface area contributed by atoms with Crippen molar-refractivity contribution in [1.29, 1.82) is 0 Å². The molecule has 0 aromatic carbocycles. The second-order valence-corrected chi connectivity index (χ2v) is 7.01. The molecule has 0 aliphatic heterocycles. The van der Waals surface area contributed by atoms with Gasteiger partial charge in [-0.05, 0) is 0 Å². The van der Waals surface area contributed by atoms with E-state index >= 15 is 0 Å². The average molecular weight is 270 g/mol. The van der Waals surface area contributed by atoms with Crippen LogP contribution in [0, 0.1) is 0 Å². The maximum absolute atomic E-state index is 6.19. The van der Waals surface area contributed by atoms with Gasteiger partial charge >= 0.3 is 116 Å². The predicted octanol–water partition coefficient (Wildman–Crippen LogP) is 4.98. The second kappa shape index (κ2) is 7.56. The van der Waals surface area contributed by atoms with Crippen LogP contribution >= 0.6 is 0 Å². The molecule has 1 rings (SSSR count). The van der Waals surface area contributed by atoms with Crippen molar-refractivity contribution >= 4 is 0 Å². The van der Waals surface area contributed by atoms with Gasteiger partial charge < -0.3 is 0 Å². The fourth-order valence-corrected chi connectivity index (χ4v) is 3.74. The minimum absolute atomic E-state index is 0.0835. The van der Waals surface area contributed by atoms with Crippen LogP contribution in [-0.2, 0) is 22.9 Å². The Bertz CT molecular complexity index is 289. The molecule has 0 N–H and O–H groups in total. The van der Waals surface area contributed by atoms with Crippen molar-refractivity contribution in [3.05, 3.63) is 21.6 Å². The van der Waals surface area contributed by atoms with Gasteiger partial charge in [0.1, 0.15) is 0 Å². The Morgan fingerprint density at radius 2 is 2.06 bits per heavy atom. The zero-order valence-electron chi connectivity index (χ0n) is 11.8. The third-order valence-corrected chi connectivity index (χ3v) is 5.36. The first kappa shape index (κ1) is 15.2. The van der Waals surface area contributed by atoms with E-state index in [1.807, 2.05) is 0 Å². The van der Waals surface area contributed by atoms with Crippen LogP contribution < -0.4 is 0 Å². The first-order valence-electron chi connectivity index (χ1n) is 6.91. The summed E-state index contributed by atoms with van der Waals surface area (Å²) in [5, 5.41) is 0. The fourth-order valence-electron chi connectivity index (χ4n) is 2.11. The molecule has 17 heavy (non-hydrogen) atoms. The molecule has 2 heteroatoms. The predicted molar refractivity (Wildman–Crippen MR) is 70.4 cm³/mol. The molecule has 0 bridgehead atoms. The summed E-state index contributed by atoms with van der Waals surface area (Å²) in [6.45, 7) is 8.95. The molecule has 1 aliphatic carbocycles. The summed E-state index contributed by atoms with van der Waals surface area (Å²) >= 11 is -0.364. The number of rotatable bonds is 8. The molecular weight excluding hydrogens is 244 g/mol. The van der Waals surface area contributed by atoms with Gasteiger partial charge in [0.25, 0.3) is 0 Å². The van der Waals surface area contributed by atoms with Crippen molar-refractivity contribution in [3.8, 4) is 0 Å². The van der Waals surface area contributed by atoms with E-state index < -0.39 is 0 Å². The third-order valence-electron chi connectivity index (χ3n) is 3.13. The van der Waals surface area contributed by atoms with Crippen LogP contribution in [0.15, 0.2) is 21.6 Å². The van der Waals surface area contributed by atoms with Crippen molar-refractivity contribution in [1.82, 2.24) is 0 Å². The van der Waals surface area contributed by atoms with E-state index in [4.69, 9.17) is 3.32 Å². The summed E-state index contributed by atoms with van der Waals surface area (Å²) in [4.78, 5) is 0. The van der Waals surface area contributed by atoms with Crippen LogP contribution in [0.1, 0.15) is 66.2 Å². The molecular formula is C15H26OTi. The van der Waals surface area contributed by atoms with Gasteiger partial charge in [0.05, 0.1) is 0 Å². The molecule has 0 spiro atoms. The Kier molecular flexibility index (Phi) is 6.76. The van der Waals surface area contributed by atoms with E-state index in [1.165, 1.54) is 32.1 Å². The molecule has 0 unspecified atom stereocenters. The fraction of sp³-hybridized carbons (Fsp3) is 0.733. The third kappa shape index (κ3) is 5.55. The maximum atomic E-state index is 6.19. The molecule has 0 aromatic heterocycles. The Morgan fingerprint density at radius 1 is 1.29 bits per heavy atom. The number of hydrogen-bond donors (Lipinski definition) is 0. The van der Waals surface area contributed by atoms with Crippen LogP contribution in [0.25, 0.3) is 0 Å². The molecule has 1 nitrogen and oxygen atoms in total. The van der Waals surface area contributed by atoms with Crippen LogP contribution in [-0.4, -0.2) is 5.60 Å². The Labute approximate surface area is 116 Å². The van der Waals surface area contributed by atoms with E-state index in [-0.39, 0.29) is 25.1 Å². The van der Waals surface area contributed by atoms with Crippen molar-refractivity contribution in [3.63, 3.8) is 0 Å². The molecule has 0 radical (unpaired) electrons. The number of unbranched alkanes of at least 4 members (excludes halogenated alkanes) is 1. The van der Waals surface area contributed by atoms with Gasteiger partial charge in [-0.15, -0.1) is 0 Å².